The third-order valence-electron chi connectivity index (χ3n) is 4.55. The van der Waals surface area contributed by atoms with E-state index in [4.69, 9.17) is 4.74 Å². The van der Waals surface area contributed by atoms with Crippen LogP contribution in [0.1, 0.15) is 39.0 Å². The summed E-state index contributed by atoms with van der Waals surface area (Å²) in [6.45, 7) is 5.48. The van der Waals surface area contributed by atoms with Gasteiger partial charge in [0.05, 0.1) is 12.3 Å². The van der Waals surface area contributed by atoms with Gasteiger partial charge in [-0.1, -0.05) is 25.5 Å². The lowest BCUT2D eigenvalue weighted by molar-refractivity contribution is 0.192. The van der Waals surface area contributed by atoms with Gasteiger partial charge >= 0.3 is 0 Å². The number of rotatable bonds is 5. The molecule has 1 aromatic rings. The first-order valence-electron chi connectivity index (χ1n) is 8.11. The van der Waals surface area contributed by atoms with Crippen LogP contribution in [0.5, 0.6) is 5.75 Å². The summed E-state index contributed by atoms with van der Waals surface area (Å²) in [5.41, 5.74) is 1.17. The molecular weight excluding hydrogens is 248 g/mol. The summed E-state index contributed by atoms with van der Waals surface area (Å²) in [7, 11) is 0. The molecule has 0 spiro atoms. The maximum absolute atomic E-state index is 5.86. The summed E-state index contributed by atoms with van der Waals surface area (Å²) < 4.78 is 5.86. The third-order valence-corrected chi connectivity index (χ3v) is 4.55. The smallest absolute Gasteiger partial charge is 0.142 e. The monoisotopic (exact) mass is 274 g/mol. The molecule has 2 saturated heterocycles. The van der Waals surface area contributed by atoms with Crippen LogP contribution in [-0.2, 0) is 0 Å². The number of nitrogens with zero attached hydrogens (tertiary/aromatic N) is 1. The highest BCUT2D eigenvalue weighted by Gasteiger charge is 2.35. The van der Waals surface area contributed by atoms with Crippen LogP contribution in [0, 0.1) is 0 Å². The molecule has 2 unspecified atom stereocenters. The molecule has 20 heavy (non-hydrogen) atoms. The van der Waals surface area contributed by atoms with Crippen LogP contribution in [0.25, 0.3) is 0 Å². The van der Waals surface area contributed by atoms with Gasteiger partial charge in [-0.25, -0.2) is 0 Å². The molecule has 2 aliphatic heterocycles. The van der Waals surface area contributed by atoms with Crippen LogP contribution >= 0.6 is 0 Å². The molecule has 0 bridgehead atoms. The Morgan fingerprint density at radius 3 is 3.00 bits per heavy atom. The van der Waals surface area contributed by atoms with E-state index in [1.165, 1.54) is 44.5 Å². The highest BCUT2D eigenvalue weighted by Crippen LogP contribution is 2.32. The standard InChI is InChI=1S/C17H26N2O/c1-2-13-20-17-9-4-3-7-15(17)18-14-10-12-19-11-6-5-8-16(14)19/h3-4,7,9,14,16,18H,2,5-6,8,10-13H2,1H3. The maximum Gasteiger partial charge on any atom is 0.142 e. The van der Waals surface area contributed by atoms with E-state index >= 15 is 0 Å². The molecule has 0 saturated carbocycles. The third kappa shape index (κ3) is 2.93. The minimum absolute atomic E-state index is 0.585. The molecule has 0 amide bonds. The van der Waals surface area contributed by atoms with Crippen molar-refractivity contribution in [2.75, 3.05) is 25.0 Å². The van der Waals surface area contributed by atoms with Crippen LogP contribution in [0.3, 0.4) is 0 Å². The minimum Gasteiger partial charge on any atom is -0.491 e. The molecule has 0 aliphatic carbocycles. The number of ether oxygens (including phenoxy) is 1. The van der Waals surface area contributed by atoms with Crippen molar-refractivity contribution in [1.29, 1.82) is 0 Å². The zero-order valence-electron chi connectivity index (χ0n) is 12.5. The fourth-order valence-corrected chi connectivity index (χ4v) is 3.54. The highest BCUT2D eigenvalue weighted by atomic mass is 16.5. The van der Waals surface area contributed by atoms with E-state index in [9.17, 15) is 0 Å². The van der Waals surface area contributed by atoms with E-state index in [-0.39, 0.29) is 0 Å². The first-order valence-corrected chi connectivity index (χ1v) is 8.11. The van der Waals surface area contributed by atoms with Gasteiger partial charge in [-0.05, 0) is 44.4 Å². The molecular formula is C17H26N2O. The first-order chi connectivity index (χ1) is 9.88. The number of nitrogens with one attached hydrogen (secondary N) is 1. The average molecular weight is 274 g/mol. The second-order valence-corrected chi connectivity index (χ2v) is 5.98. The Kier molecular flexibility index (Phi) is 4.46. The second-order valence-electron chi connectivity index (χ2n) is 5.98. The van der Waals surface area contributed by atoms with Crippen molar-refractivity contribution in [3.63, 3.8) is 0 Å². The zero-order chi connectivity index (χ0) is 13.8. The molecule has 2 heterocycles. The quantitative estimate of drug-likeness (QED) is 0.889. The van der Waals surface area contributed by atoms with Gasteiger partial charge in [0.25, 0.3) is 0 Å². The summed E-state index contributed by atoms with van der Waals surface area (Å²) >= 11 is 0. The van der Waals surface area contributed by atoms with Crippen LogP contribution in [0.2, 0.25) is 0 Å². The summed E-state index contributed by atoms with van der Waals surface area (Å²) in [4.78, 5) is 2.66. The Morgan fingerprint density at radius 2 is 2.10 bits per heavy atom. The number of anilines is 1. The molecule has 0 radical (unpaired) electrons. The van der Waals surface area contributed by atoms with Crippen molar-refractivity contribution in [3.05, 3.63) is 24.3 Å². The summed E-state index contributed by atoms with van der Waals surface area (Å²) in [5.74, 6) is 1.00. The first kappa shape index (κ1) is 13.7. The Bertz CT molecular complexity index is 435. The van der Waals surface area contributed by atoms with E-state index < -0.39 is 0 Å². The van der Waals surface area contributed by atoms with Gasteiger partial charge in [-0.2, -0.15) is 0 Å². The number of hydrogen-bond acceptors (Lipinski definition) is 3. The Morgan fingerprint density at radius 1 is 1.20 bits per heavy atom. The normalized spacial score (nSPS) is 26.2. The van der Waals surface area contributed by atoms with Crippen LogP contribution in [0.15, 0.2) is 24.3 Å². The van der Waals surface area contributed by atoms with E-state index in [1.54, 1.807) is 0 Å². The van der Waals surface area contributed by atoms with Crippen molar-refractivity contribution >= 4 is 5.69 Å². The van der Waals surface area contributed by atoms with Gasteiger partial charge < -0.3 is 10.1 Å². The van der Waals surface area contributed by atoms with Crippen molar-refractivity contribution in [1.82, 2.24) is 4.90 Å². The fraction of sp³-hybridized carbons (Fsp3) is 0.647. The van der Waals surface area contributed by atoms with Crippen molar-refractivity contribution in [2.45, 2.75) is 51.1 Å². The topological polar surface area (TPSA) is 24.5 Å². The largest absolute Gasteiger partial charge is 0.491 e. The summed E-state index contributed by atoms with van der Waals surface area (Å²) in [6.07, 6.45) is 6.41. The van der Waals surface area contributed by atoms with E-state index in [0.29, 0.717) is 6.04 Å². The maximum atomic E-state index is 5.86. The van der Waals surface area contributed by atoms with Crippen LogP contribution in [0.4, 0.5) is 5.69 Å². The van der Waals surface area contributed by atoms with Crippen LogP contribution in [-0.4, -0.2) is 36.7 Å². The molecule has 1 aromatic carbocycles. The van der Waals surface area contributed by atoms with Gasteiger partial charge in [0.15, 0.2) is 0 Å². The predicted octanol–water partition coefficient (Wildman–Crippen LogP) is 3.51. The average Bonchev–Trinajstić information content (AvgIpc) is 2.90. The molecule has 0 aromatic heterocycles. The number of para-hydroxylation sites is 2. The molecule has 1 N–H and O–H groups in total. The lowest BCUT2D eigenvalue weighted by Crippen LogP contribution is -2.41. The van der Waals surface area contributed by atoms with Crippen molar-refractivity contribution in [2.24, 2.45) is 0 Å². The summed E-state index contributed by atoms with van der Waals surface area (Å²) in [6, 6.07) is 9.68. The molecule has 2 atom stereocenters. The Hall–Kier alpha value is -1.22. The van der Waals surface area contributed by atoms with Gasteiger partial charge in [0, 0.05) is 18.6 Å². The lowest BCUT2D eigenvalue weighted by atomic mass is 9.99. The molecule has 3 nitrogen and oxygen atoms in total. The van der Waals surface area contributed by atoms with E-state index in [1.807, 2.05) is 0 Å². The van der Waals surface area contributed by atoms with Gasteiger partial charge in [0.2, 0.25) is 0 Å². The second kappa shape index (κ2) is 6.49. The highest BCUT2D eigenvalue weighted by molar-refractivity contribution is 5.57. The molecule has 2 aliphatic rings. The Balaban J connectivity index is 1.68. The Labute approximate surface area is 122 Å². The van der Waals surface area contributed by atoms with Crippen molar-refractivity contribution in [3.8, 4) is 5.75 Å². The van der Waals surface area contributed by atoms with Gasteiger partial charge in [0.1, 0.15) is 5.75 Å². The molecule has 3 rings (SSSR count). The molecule has 110 valence electrons. The van der Waals surface area contributed by atoms with E-state index in [2.05, 4.69) is 41.4 Å². The minimum atomic E-state index is 0.585. The van der Waals surface area contributed by atoms with Crippen molar-refractivity contribution < 1.29 is 4.74 Å². The number of benzene rings is 1. The van der Waals surface area contributed by atoms with Gasteiger partial charge in [-0.3, -0.25) is 4.90 Å². The molecule has 2 fully saturated rings. The lowest BCUT2D eigenvalue weighted by Gasteiger charge is -2.33. The number of piperidine rings is 1. The summed E-state index contributed by atoms with van der Waals surface area (Å²) in [5, 5.41) is 3.75. The van der Waals surface area contributed by atoms with Crippen LogP contribution < -0.4 is 10.1 Å². The zero-order valence-corrected chi connectivity index (χ0v) is 12.5. The molecule has 3 heteroatoms. The number of fused-ring (bicyclic) bond motifs is 1. The fourth-order valence-electron chi connectivity index (χ4n) is 3.54. The predicted molar refractivity (Wildman–Crippen MR) is 83.5 cm³/mol. The SMILES string of the molecule is CCCOc1ccccc1NC1CCN2CCCCC12. The van der Waals surface area contributed by atoms with E-state index in [0.717, 1.165) is 24.8 Å². The number of hydrogen-bond donors (Lipinski definition) is 1. The van der Waals surface area contributed by atoms with Gasteiger partial charge in [-0.15, -0.1) is 0 Å².